The summed E-state index contributed by atoms with van der Waals surface area (Å²) in [6, 6.07) is 0.523. The van der Waals surface area contributed by atoms with Crippen LogP contribution in [0.4, 0.5) is 0 Å². The van der Waals surface area contributed by atoms with Crippen molar-refractivity contribution in [3.8, 4) is 0 Å². The number of nitrogens with one attached hydrogen (secondary N) is 1. The first-order valence-electron chi connectivity index (χ1n) is 6.10. The number of likely N-dealkylation sites (tertiary alicyclic amines) is 1. The van der Waals surface area contributed by atoms with Gasteiger partial charge in [0.15, 0.2) is 0 Å². The summed E-state index contributed by atoms with van der Waals surface area (Å²) in [7, 11) is 1.97. The van der Waals surface area contributed by atoms with Gasteiger partial charge in [0, 0.05) is 32.2 Å². The maximum Gasteiger partial charge on any atom is 0.237 e. The van der Waals surface area contributed by atoms with E-state index in [2.05, 4.69) is 23.4 Å². The average Bonchev–Trinajstić information content (AvgIpc) is 2.76. The molecule has 1 amide bonds. The molecule has 0 radical (unpaired) electrons. The van der Waals surface area contributed by atoms with Crippen LogP contribution in [0.1, 0.15) is 6.42 Å². The van der Waals surface area contributed by atoms with Crippen molar-refractivity contribution in [2.24, 2.45) is 0 Å². The molecule has 0 spiro atoms. The molecule has 0 aliphatic carbocycles. The summed E-state index contributed by atoms with van der Waals surface area (Å²) in [5.41, 5.74) is 0. The molecular weight excluding hydrogens is 214 g/mol. The van der Waals surface area contributed by atoms with Crippen molar-refractivity contribution in [1.82, 2.24) is 15.1 Å². The zero-order valence-electron chi connectivity index (χ0n) is 10.7. The number of carbonyl (C=O) groups is 1. The summed E-state index contributed by atoms with van der Waals surface area (Å²) in [6.45, 7) is 11.0. The van der Waals surface area contributed by atoms with E-state index in [-0.39, 0.29) is 5.91 Å². The third-order valence-electron chi connectivity index (χ3n) is 3.09. The highest BCUT2D eigenvalue weighted by Gasteiger charge is 2.24. The van der Waals surface area contributed by atoms with Gasteiger partial charge in [-0.1, -0.05) is 12.2 Å². The van der Waals surface area contributed by atoms with E-state index in [0.717, 1.165) is 19.5 Å². The molecule has 1 rings (SSSR count). The molecule has 1 fully saturated rings. The second-order valence-corrected chi connectivity index (χ2v) is 4.39. The van der Waals surface area contributed by atoms with E-state index in [4.69, 9.17) is 0 Å². The monoisotopic (exact) mass is 237 g/mol. The van der Waals surface area contributed by atoms with Crippen molar-refractivity contribution < 1.29 is 4.79 Å². The van der Waals surface area contributed by atoms with Crippen molar-refractivity contribution in [1.29, 1.82) is 0 Å². The molecule has 1 aliphatic heterocycles. The first kappa shape index (κ1) is 13.9. The predicted octanol–water partition coefficient (Wildman–Crippen LogP) is 0.481. The Hall–Kier alpha value is -1.13. The number of amides is 1. The Kier molecular flexibility index (Phi) is 5.94. The van der Waals surface area contributed by atoms with E-state index >= 15 is 0 Å². The largest absolute Gasteiger partial charge is 0.334 e. The summed E-state index contributed by atoms with van der Waals surface area (Å²) in [5, 5.41) is 3.25. The molecule has 1 N–H and O–H groups in total. The Morgan fingerprint density at radius 3 is 2.59 bits per heavy atom. The number of rotatable bonds is 7. The molecule has 0 aromatic carbocycles. The lowest BCUT2D eigenvalue weighted by Gasteiger charge is -2.23. The van der Waals surface area contributed by atoms with Gasteiger partial charge >= 0.3 is 0 Å². The molecule has 1 saturated heterocycles. The van der Waals surface area contributed by atoms with Crippen LogP contribution in [-0.2, 0) is 4.79 Å². The highest BCUT2D eigenvalue weighted by molar-refractivity contribution is 5.78. The van der Waals surface area contributed by atoms with Gasteiger partial charge in [-0.15, -0.1) is 13.2 Å². The van der Waals surface area contributed by atoms with Crippen LogP contribution in [0.3, 0.4) is 0 Å². The SMILES string of the molecule is C=CCN(CC=C)C(=O)CN1CCC(NC)C1. The van der Waals surface area contributed by atoms with Crippen LogP contribution in [0.2, 0.25) is 0 Å². The quantitative estimate of drug-likeness (QED) is 0.654. The molecule has 4 nitrogen and oxygen atoms in total. The molecule has 17 heavy (non-hydrogen) atoms. The average molecular weight is 237 g/mol. The molecule has 0 bridgehead atoms. The van der Waals surface area contributed by atoms with Crippen molar-refractivity contribution in [2.45, 2.75) is 12.5 Å². The fraction of sp³-hybridized carbons (Fsp3) is 0.615. The minimum Gasteiger partial charge on any atom is -0.334 e. The number of nitrogens with zero attached hydrogens (tertiary/aromatic N) is 2. The topological polar surface area (TPSA) is 35.6 Å². The Bertz CT molecular complexity index is 268. The van der Waals surface area contributed by atoms with Gasteiger partial charge in [0.1, 0.15) is 0 Å². The minimum atomic E-state index is 0.154. The fourth-order valence-corrected chi connectivity index (χ4v) is 2.09. The zero-order valence-corrected chi connectivity index (χ0v) is 10.7. The van der Waals surface area contributed by atoms with E-state index < -0.39 is 0 Å². The molecule has 1 aliphatic rings. The molecule has 0 aromatic rings. The predicted molar refractivity (Wildman–Crippen MR) is 70.9 cm³/mol. The first-order chi connectivity index (χ1) is 8.21. The van der Waals surface area contributed by atoms with Gasteiger partial charge < -0.3 is 10.2 Å². The van der Waals surface area contributed by atoms with Crippen molar-refractivity contribution in [3.05, 3.63) is 25.3 Å². The van der Waals surface area contributed by atoms with Gasteiger partial charge in [-0.2, -0.15) is 0 Å². The van der Waals surface area contributed by atoms with Crippen LogP contribution in [-0.4, -0.2) is 61.5 Å². The van der Waals surface area contributed by atoms with Gasteiger partial charge in [0.25, 0.3) is 0 Å². The van der Waals surface area contributed by atoms with Crippen LogP contribution in [0.15, 0.2) is 25.3 Å². The lowest BCUT2D eigenvalue weighted by molar-refractivity contribution is -0.131. The smallest absolute Gasteiger partial charge is 0.237 e. The van der Waals surface area contributed by atoms with Gasteiger partial charge in [-0.05, 0) is 13.5 Å². The number of hydrogen-bond acceptors (Lipinski definition) is 3. The van der Waals surface area contributed by atoms with Gasteiger partial charge in [-0.3, -0.25) is 9.69 Å². The van der Waals surface area contributed by atoms with E-state index in [1.54, 1.807) is 17.1 Å². The maximum absolute atomic E-state index is 12.0. The van der Waals surface area contributed by atoms with Crippen LogP contribution < -0.4 is 5.32 Å². The summed E-state index contributed by atoms with van der Waals surface area (Å²) in [4.78, 5) is 16.0. The summed E-state index contributed by atoms with van der Waals surface area (Å²) in [6.07, 6.45) is 4.62. The Labute approximate surface area is 104 Å². The molecule has 0 saturated carbocycles. The van der Waals surface area contributed by atoms with E-state index in [0.29, 0.717) is 25.7 Å². The van der Waals surface area contributed by atoms with Crippen molar-refractivity contribution in [3.63, 3.8) is 0 Å². The molecule has 0 aromatic heterocycles. The molecule has 1 unspecified atom stereocenters. The second kappa shape index (κ2) is 7.25. The standard InChI is InChI=1S/C13H23N3O/c1-4-7-16(8-5-2)13(17)11-15-9-6-12(10-15)14-3/h4-5,12,14H,1-2,6-11H2,3H3. The Morgan fingerprint density at radius 1 is 1.47 bits per heavy atom. The third kappa shape index (κ3) is 4.32. The van der Waals surface area contributed by atoms with E-state index in [1.807, 2.05) is 7.05 Å². The summed E-state index contributed by atoms with van der Waals surface area (Å²) < 4.78 is 0. The molecule has 96 valence electrons. The van der Waals surface area contributed by atoms with E-state index in [1.165, 1.54) is 0 Å². The number of hydrogen-bond donors (Lipinski definition) is 1. The second-order valence-electron chi connectivity index (χ2n) is 4.39. The fourth-order valence-electron chi connectivity index (χ4n) is 2.09. The van der Waals surface area contributed by atoms with Crippen LogP contribution in [0, 0.1) is 0 Å². The zero-order chi connectivity index (χ0) is 12.7. The van der Waals surface area contributed by atoms with Crippen LogP contribution >= 0.6 is 0 Å². The van der Waals surface area contributed by atoms with Crippen LogP contribution in [0.5, 0.6) is 0 Å². The van der Waals surface area contributed by atoms with Gasteiger partial charge in [0.05, 0.1) is 6.54 Å². The molecule has 1 atom stereocenters. The van der Waals surface area contributed by atoms with Crippen LogP contribution in [0.25, 0.3) is 0 Å². The Balaban J connectivity index is 2.41. The van der Waals surface area contributed by atoms with E-state index in [9.17, 15) is 4.79 Å². The summed E-state index contributed by atoms with van der Waals surface area (Å²) >= 11 is 0. The first-order valence-corrected chi connectivity index (χ1v) is 6.10. The minimum absolute atomic E-state index is 0.154. The maximum atomic E-state index is 12.0. The molecule has 4 heteroatoms. The number of likely N-dealkylation sites (N-methyl/N-ethyl adjacent to an activating group) is 1. The number of carbonyl (C=O) groups excluding carboxylic acids is 1. The highest BCUT2D eigenvalue weighted by Crippen LogP contribution is 2.08. The van der Waals surface area contributed by atoms with Gasteiger partial charge in [0.2, 0.25) is 5.91 Å². The summed E-state index contributed by atoms with van der Waals surface area (Å²) in [5.74, 6) is 0.154. The normalized spacial score (nSPS) is 20.2. The molecule has 1 heterocycles. The lowest BCUT2D eigenvalue weighted by Crippen LogP contribution is -2.40. The third-order valence-corrected chi connectivity index (χ3v) is 3.09. The highest BCUT2D eigenvalue weighted by atomic mass is 16.2. The Morgan fingerprint density at radius 2 is 2.12 bits per heavy atom. The van der Waals surface area contributed by atoms with Gasteiger partial charge in [-0.25, -0.2) is 0 Å². The van der Waals surface area contributed by atoms with Crippen molar-refractivity contribution in [2.75, 3.05) is 39.8 Å². The molecular formula is C13H23N3O. The lowest BCUT2D eigenvalue weighted by atomic mass is 10.3. The van der Waals surface area contributed by atoms with Crippen molar-refractivity contribution >= 4 is 5.91 Å².